The van der Waals surface area contributed by atoms with Gasteiger partial charge in [0.25, 0.3) is 0 Å². The molecule has 1 aliphatic rings. The maximum Gasteiger partial charge on any atom is 0.229 e. The molecule has 1 N–H and O–H groups in total. The van der Waals surface area contributed by atoms with Gasteiger partial charge in [0.2, 0.25) is 11.2 Å². The minimum atomic E-state index is -0.551. The summed E-state index contributed by atoms with van der Waals surface area (Å²) in [6.07, 6.45) is 0. The van der Waals surface area contributed by atoms with Gasteiger partial charge in [0, 0.05) is 17.2 Å². The van der Waals surface area contributed by atoms with Crippen LogP contribution in [0.1, 0.15) is 16.1 Å². The summed E-state index contributed by atoms with van der Waals surface area (Å²) in [5.41, 5.74) is 0.393. The molecule has 0 amide bonds. The summed E-state index contributed by atoms with van der Waals surface area (Å²) in [5, 5.41) is 9.71. The van der Waals surface area contributed by atoms with E-state index in [1.54, 1.807) is 0 Å². The van der Waals surface area contributed by atoms with Crippen molar-refractivity contribution in [2.24, 2.45) is 0 Å². The summed E-state index contributed by atoms with van der Waals surface area (Å²) in [7, 11) is 0. The molecule has 1 aliphatic carbocycles. The van der Waals surface area contributed by atoms with Crippen molar-refractivity contribution in [3.05, 3.63) is 63.8 Å². The molecule has 4 rings (SSSR count). The Hall–Kier alpha value is -2.95. The number of phenols is 1. The van der Waals surface area contributed by atoms with E-state index in [4.69, 9.17) is 4.42 Å². The second kappa shape index (κ2) is 3.79. The van der Waals surface area contributed by atoms with Crippen molar-refractivity contribution in [1.82, 2.24) is 0 Å². The lowest BCUT2D eigenvalue weighted by Crippen LogP contribution is -2.06. The standard InChI is InChI=1S/C16H7FO4/c17-7-1-3-9-11(5-7)15(20)16-13(9)14(19)10-4-2-8(18)6-12(10)21-16/h1-6,18H. The number of fused-ring (bicyclic) bond motifs is 4. The predicted octanol–water partition coefficient (Wildman–Crippen LogP) is 2.85. The first-order valence-electron chi connectivity index (χ1n) is 6.21. The zero-order valence-corrected chi connectivity index (χ0v) is 10.5. The van der Waals surface area contributed by atoms with Crippen molar-refractivity contribution in [1.29, 1.82) is 0 Å². The van der Waals surface area contributed by atoms with Gasteiger partial charge in [0.05, 0.1) is 10.9 Å². The highest BCUT2D eigenvalue weighted by Crippen LogP contribution is 2.36. The van der Waals surface area contributed by atoms with Crippen LogP contribution in [0.3, 0.4) is 0 Å². The van der Waals surface area contributed by atoms with Crippen LogP contribution in [0, 0.1) is 5.82 Å². The van der Waals surface area contributed by atoms with Crippen LogP contribution < -0.4 is 5.43 Å². The van der Waals surface area contributed by atoms with E-state index in [0.717, 1.165) is 6.07 Å². The number of phenolic OH excluding ortho intramolecular Hbond substituents is 1. The molecule has 2 aromatic carbocycles. The summed E-state index contributed by atoms with van der Waals surface area (Å²) in [6.45, 7) is 0. The van der Waals surface area contributed by atoms with Gasteiger partial charge in [-0.2, -0.15) is 0 Å². The quantitative estimate of drug-likeness (QED) is 0.538. The molecule has 0 atom stereocenters. The SMILES string of the molecule is O=C1c2cc(F)ccc2-c2c1oc1cc(O)ccc1c2=O. The summed E-state index contributed by atoms with van der Waals surface area (Å²) in [4.78, 5) is 24.8. The number of carbonyl (C=O) groups excluding carboxylic acids is 1. The Labute approximate surface area is 117 Å². The molecule has 0 spiro atoms. The largest absolute Gasteiger partial charge is 0.508 e. The molecular formula is C16H7FO4. The van der Waals surface area contributed by atoms with E-state index in [1.807, 2.05) is 0 Å². The predicted molar refractivity (Wildman–Crippen MR) is 73.0 cm³/mol. The Morgan fingerprint density at radius 1 is 1.00 bits per heavy atom. The number of carbonyl (C=O) groups is 1. The highest BCUT2D eigenvalue weighted by molar-refractivity contribution is 6.20. The van der Waals surface area contributed by atoms with Gasteiger partial charge >= 0.3 is 0 Å². The third-order valence-electron chi connectivity index (χ3n) is 3.58. The van der Waals surface area contributed by atoms with Crippen LogP contribution in [-0.2, 0) is 0 Å². The van der Waals surface area contributed by atoms with E-state index in [9.17, 15) is 19.1 Å². The number of hydrogen-bond acceptors (Lipinski definition) is 4. The topological polar surface area (TPSA) is 67.5 Å². The number of aromatic hydroxyl groups is 1. The van der Waals surface area contributed by atoms with Gasteiger partial charge in [-0.15, -0.1) is 0 Å². The van der Waals surface area contributed by atoms with Crippen molar-refractivity contribution < 1.29 is 18.7 Å². The zero-order valence-electron chi connectivity index (χ0n) is 10.5. The Bertz CT molecular complexity index is 1000. The summed E-state index contributed by atoms with van der Waals surface area (Å²) in [5.74, 6) is -1.26. The molecule has 0 saturated heterocycles. The molecule has 1 aromatic heterocycles. The average molecular weight is 282 g/mol. The number of hydrogen-bond donors (Lipinski definition) is 1. The van der Waals surface area contributed by atoms with E-state index in [-0.39, 0.29) is 39.0 Å². The van der Waals surface area contributed by atoms with Gasteiger partial charge in [-0.25, -0.2) is 4.39 Å². The van der Waals surface area contributed by atoms with Crippen molar-refractivity contribution >= 4 is 16.8 Å². The number of ketones is 1. The number of rotatable bonds is 0. The molecule has 0 saturated carbocycles. The molecule has 4 nitrogen and oxygen atoms in total. The molecule has 5 heteroatoms. The second-order valence-corrected chi connectivity index (χ2v) is 4.83. The Morgan fingerprint density at radius 2 is 1.81 bits per heavy atom. The first-order chi connectivity index (χ1) is 10.1. The lowest BCUT2D eigenvalue weighted by atomic mass is 10.1. The summed E-state index contributed by atoms with van der Waals surface area (Å²) in [6, 6.07) is 7.76. The monoisotopic (exact) mass is 282 g/mol. The van der Waals surface area contributed by atoms with Crippen LogP contribution in [-0.4, -0.2) is 10.9 Å². The van der Waals surface area contributed by atoms with E-state index < -0.39 is 11.6 Å². The lowest BCUT2D eigenvalue weighted by Gasteiger charge is -2.02. The molecule has 102 valence electrons. The molecule has 1 heterocycles. The van der Waals surface area contributed by atoms with Crippen molar-refractivity contribution in [2.75, 3.05) is 0 Å². The van der Waals surface area contributed by atoms with Gasteiger partial charge in [0.15, 0.2) is 5.76 Å². The maximum absolute atomic E-state index is 13.3. The van der Waals surface area contributed by atoms with E-state index >= 15 is 0 Å². The van der Waals surface area contributed by atoms with Gasteiger partial charge < -0.3 is 9.52 Å². The van der Waals surface area contributed by atoms with E-state index in [1.165, 1.54) is 30.3 Å². The smallest absolute Gasteiger partial charge is 0.229 e. The molecular weight excluding hydrogens is 275 g/mol. The third kappa shape index (κ3) is 1.48. The summed E-state index contributed by atoms with van der Waals surface area (Å²) < 4.78 is 18.8. The molecule has 21 heavy (non-hydrogen) atoms. The van der Waals surface area contributed by atoms with Crippen LogP contribution >= 0.6 is 0 Å². The highest BCUT2D eigenvalue weighted by atomic mass is 19.1. The van der Waals surface area contributed by atoms with Crippen molar-refractivity contribution in [3.8, 4) is 16.9 Å². The molecule has 0 radical (unpaired) electrons. The molecule has 0 bridgehead atoms. The fraction of sp³-hybridized carbons (Fsp3) is 0. The fourth-order valence-corrected chi connectivity index (χ4v) is 2.63. The lowest BCUT2D eigenvalue weighted by molar-refractivity contribution is 0.101. The summed E-state index contributed by atoms with van der Waals surface area (Å²) >= 11 is 0. The van der Waals surface area contributed by atoms with Gasteiger partial charge in [-0.1, -0.05) is 6.07 Å². The number of benzene rings is 2. The van der Waals surface area contributed by atoms with Crippen molar-refractivity contribution in [2.45, 2.75) is 0 Å². The van der Waals surface area contributed by atoms with Crippen LogP contribution in [0.5, 0.6) is 5.75 Å². The third-order valence-corrected chi connectivity index (χ3v) is 3.58. The first-order valence-corrected chi connectivity index (χ1v) is 6.21. The zero-order chi connectivity index (χ0) is 14.7. The Kier molecular flexibility index (Phi) is 2.14. The maximum atomic E-state index is 13.3. The van der Waals surface area contributed by atoms with Crippen LogP contribution in [0.15, 0.2) is 45.6 Å². The average Bonchev–Trinajstić information content (AvgIpc) is 2.72. The van der Waals surface area contributed by atoms with Crippen LogP contribution in [0.4, 0.5) is 4.39 Å². The molecule has 0 fully saturated rings. The first kappa shape index (κ1) is 11.8. The van der Waals surface area contributed by atoms with E-state index in [0.29, 0.717) is 5.56 Å². The van der Waals surface area contributed by atoms with Gasteiger partial charge in [-0.05, 0) is 24.3 Å². The van der Waals surface area contributed by atoms with Crippen LogP contribution in [0.2, 0.25) is 0 Å². The van der Waals surface area contributed by atoms with Crippen molar-refractivity contribution in [3.63, 3.8) is 0 Å². The molecule has 0 aliphatic heterocycles. The molecule has 0 unspecified atom stereocenters. The highest BCUT2D eigenvalue weighted by Gasteiger charge is 2.33. The van der Waals surface area contributed by atoms with Crippen LogP contribution in [0.25, 0.3) is 22.1 Å². The number of halogens is 1. The minimum Gasteiger partial charge on any atom is -0.508 e. The minimum absolute atomic E-state index is 0.0698. The molecule has 3 aromatic rings. The van der Waals surface area contributed by atoms with E-state index in [2.05, 4.69) is 0 Å². The van der Waals surface area contributed by atoms with Gasteiger partial charge in [0.1, 0.15) is 17.1 Å². The normalized spacial score (nSPS) is 12.5. The second-order valence-electron chi connectivity index (χ2n) is 4.83. The Morgan fingerprint density at radius 3 is 2.62 bits per heavy atom. The van der Waals surface area contributed by atoms with Gasteiger partial charge in [-0.3, -0.25) is 9.59 Å². The fourth-order valence-electron chi connectivity index (χ4n) is 2.63. The Balaban J connectivity index is 2.17.